The molecule has 0 aliphatic heterocycles. The van der Waals surface area contributed by atoms with Crippen LogP contribution in [0.5, 0.6) is 0 Å². The molecule has 0 aromatic heterocycles. The number of rotatable bonds is 5. The molecule has 3 nitrogen and oxygen atoms in total. The van der Waals surface area contributed by atoms with E-state index in [1.54, 1.807) is 0 Å². The summed E-state index contributed by atoms with van der Waals surface area (Å²) in [6.07, 6.45) is 2.16. The van der Waals surface area contributed by atoms with Crippen LogP contribution in [0.25, 0.3) is 0 Å². The second kappa shape index (κ2) is 6.08. The average Bonchev–Trinajstić information content (AvgIpc) is 1.97. The van der Waals surface area contributed by atoms with Crippen molar-refractivity contribution in [1.82, 2.24) is 4.90 Å². The lowest BCUT2D eigenvalue weighted by Crippen LogP contribution is -2.27. The summed E-state index contributed by atoms with van der Waals surface area (Å²) in [4.78, 5) is 5.93. The first-order valence-electron chi connectivity index (χ1n) is 3.97. The van der Waals surface area contributed by atoms with E-state index in [0.29, 0.717) is 6.04 Å². The highest BCUT2D eigenvalue weighted by Gasteiger charge is 2.06. The highest BCUT2D eigenvalue weighted by Crippen LogP contribution is 2.03. The monoisotopic (exact) mass is 155 g/mol. The molecule has 0 bridgehead atoms. The van der Waals surface area contributed by atoms with E-state index >= 15 is 0 Å². The number of nitrogens with one attached hydrogen (secondary N) is 1. The Morgan fingerprint density at radius 1 is 1.55 bits per heavy atom. The van der Waals surface area contributed by atoms with Gasteiger partial charge in [0.2, 0.25) is 0 Å². The molecule has 0 aliphatic rings. The van der Waals surface area contributed by atoms with Crippen molar-refractivity contribution in [2.45, 2.75) is 25.8 Å². The van der Waals surface area contributed by atoms with Gasteiger partial charge in [0.1, 0.15) is 0 Å². The molecule has 0 heterocycles. The Bertz CT molecular complexity index is 136. The zero-order valence-electron chi connectivity index (χ0n) is 7.59. The summed E-state index contributed by atoms with van der Waals surface area (Å²) in [7, 11) is 4.14. The van der Waals surface area contributed by atoms with Crippen molar-refractivity contribution in [1.29, 1.82) is 5.41 Å². The van der Waals surface area contributed by atoms with Crippen LogP contribution in [0.3, 0.4) is 0 Å². The Hall–Kier alpha value is -0.660. The Labute approximate surface area is 68.6 Å². The number of aliphatic imine (C=N–C) groups is 1. The minimum Gasteiger partial charge on any atom is -0.306 e. The Balaban J connectivity index is 3.60. The van der Waals surface area contributed by atoms with Crippen LogP contribution in [0.2, 0.25) is 0 Å². The van der Waals surface area contributed by atoms with E-state index in [1.807, 2.05) is 6.01 Å². The van der Waals surface area contributed by atoms with Crippen molar-refractivity contribution in [3.63, 3.8) is 0 Å². The molecule has 0 saturated heterocycles. The van der Waals surface area contributed by atoms with E-state index in [0.717, 1.165) is 19.4 Å². The van der Waals surface area contributed by atoms with E-state index in [1.165, 1.54) is 0 Å². The molecule has 0 amide bonds. The summed E-state index contributed by atoms with van der Waals surface area (Å²) in [6, 6.07) is 2.63. The molecule has 1 unspecified atom stereocenters. The molecule has 11 heavy (non-hydrogen) atoms. The number of nitrogens with zero attached hydrogens (tertiary/aromatic N) is 2. The summed E-state index contributed by atoms with van der Waals surface area (Å²) in [6.45, 7) is 2.89. The third-order valence-electron chi connectivity index (χ3n) is 1.85. The van der Waals surface area contributed by atoms with E-state index in [2.05, 4.69) is 30.9 Å². The normalized spacial score (nSPS) is 12.7. The van der Waals surface area contributed by atoms with Crippen LogP contribution >= 0.6 is 0 Å². The van der Waals surface area contributed by atoms with E-state index in [-0.39, 0.29) is 0 Å². The molecule has 0 spiro atoms. The topological polar surface area (TPSA) is 39.5 Å². The second-order valence-corrected chi connectivity index (χ2v) is 2.81. The third kappa shape index (κ3) is 4.71. The fourth-order valence-electron chi connectivity index (χ4n) is 1.10. The van der Waals surface area contributed by atoms with E-state index in [9.17, 15) is 0 Å². The van der Waals surface area contributed by atoms with Gasteiger partial charge in [0.15, 0.2) is 0 Å². The second-order valence-electron chi connectivity index (χ2n) is 2.81. The first kappa shape index (κ1) is 10.3. The fraction of sp³-hybridized carbons (Fsp3) is 0.875. The summed E-state index contributed by atoms with van der Waals surface area (Å²) in [5, 5.41) is 6.58. The molecule has 1 atom stereocenters. The molecule has 0 aliphatic carbocycles. The highest BCUT2D eigenvalue weighted by atomic mass is 15.1. The minimum absolute atomic E-state index is 0.590. The SMILES string of the molecule is CCC(CCN=C=N)N(C)C. The lowest BCUT2D eigenvalue weighted by atomic mass is 10.1. The predicted molar refractivity (Wildman–Crippen MR) is 47.4 cm³/mol. The quantitative estimate of drug-likeness (QED) is 0.600. The van der Waals surface area contributed by atoms with Crippen molar-refractivity contribution >= 4 is 6.01 Å². The van der Waals surface area contributed by atoms with Gasteiger partial charge in [0, 0.05) is 6.04 Å². The van der Waals surface area contributed by atoms with Gasteiger partial charge in [-0.2, -0.15) is 0 Å². The van der Waals surface area contributed by atoms with E-state index < -0.39 is 0 Å². The molecule has 0 saturated carbocycles. The van der Waals surface area contributed by atoms with Crippen LogP contribution in [0.4, 0.5) is 0 Å². The summed E-state index contributed by atoms with van der Waals surface area (Å²) in [5.74, 6) is 0. The van der Waals surface area contributed by atoms with Crippen LogP contribution in [-0.2, 0) is 0 Å². The average molecular weight is 155 g/mol. The maximum Gasteiger partial charge on any atom is 0.0861 e. The Morgan fingerprint density at radius 2 is 2.18 bits per heavy atom. The number of hydrogen-bond acceptors (Lipinski definition) is 3. The van der Waals surface area contributed by atoms with Gasteiger partial charge in [-0.25, -0.2) is 10.4 Å². The standard InChI is InChI=1S/C8H17N3/c1-4-8(11(2)3)5-6-10-7-9/h8-9H,4-6H2,1-3H3. The maximum absolute atomic E-state index is 6.58. The molecule has 0 rings (SSSR count). The van der Waals surface area contributed by atoms with Crippen LogP contribution in [0.15, 0.2) is 4.99 Å². The van der Waals surface area contributed by atoms with Crippen molar-refractivity contribution < 1.29 is 0 Å². The fourth-order valence-corrected chi connectivity index (χ4v) is 1.10. The summed E-state index contributed by atoms with van der Waals surface area (Å²) in [5.41, 5.74) is 0. The third-order valence-corrected chi connectivity index (χ3v) is 1.85. The van der Waals surface area contributed by atoms with Gasteiger partial charge in [0.25, 0.3) is 0 Å². The molecule has 0 aromatic rings. The summed E-state index contributed by atoms with van der Waals surface area (Å²) >= 11 is 0. The molecule has 1 N–H and O–H groups in total. The molecular formula is C8H17N3. The van der Waals surface area contributed by atoms with Crippen molar-refractivity contribution in [3.8, 4) is 0 Å². The minimum atomic E-state index is 0.590. The summed E-state index contributed by atoms with van der Waals surface area (Å²) < 4.78 is 0. The van der Waals surface area contributed by atoms with Gasteiger partial charge in [-0.05, 0) is 26.9 Å². The zero-order valence-corrected chi connectivity index (χ0v) is 7.59. The molecular weight excluding hydrogens is 138 g/mol. The van der Waals surface area contributed by atoms with Gasteiger partial charge in [-0.1, -0.05) is 6.92 Å². The Kier molecular flexibility index (Phi) is 5.71. The molecule has 3 heteroatoms. The molecule has 64 valence electrons. The lowest BCUT2D eigenvalue weighted by molar-refractivity contribution is 0.274. The van der Waals surface area contributed by atoms with Crippen molar-refractivity contribution in [2.24, 2.45) is 4.99 Å². The lowest BCUT2D eigenvalue weighted by Gasteiger charge is -2.21. The van der Waals surface area contributed by atoms with Gasteiger partial charge in [0.05, 0.1) is 12.6 Å². The van der Waals surface area contributed by atoms with Gasteiger partial charge < -0.3 is 4.90 Å². The van der Waals surface area contributed by atoms with Crippen molar-refractivity contribution in [3.05, 3.63) is 0 Å². The zero-order chi connectivity index (χ0) is 8.69. The van der Waals surface area contributed by atoms with Gasteiger partial charge >= 0.3 is 0 Å². The van der Waals surface area contributed by atoms with Crippen LogP contribution in [0, 0.1) is 5.41 Å². The Morgan fingerprint density at radius 3 is 2.55 bits per heavy atom. The molecule has 0 radical (unpaired) electrons. The highest BCUT2D eigenvalue weighted by molar-refractivity contribution is 5.35. The van der Waals surface area contributed by atoms with Crippen molar-refractivity contribution in [2.75, 3.05) is 20.6 Å². The maximum atomic E-state index is 6.58. The van der Waals surface area contributed by atoms with Crippen LogP contribution in [-0.4, -0.2) is 37.6 Å². The predicted octanol–water partition coefficient (Wildman–Crippen LogP) is 1.47. The van der Waals surface area contributed by atoms with Crippen LogP contribution in [0.1, 0.15) is 19.8 Å². The van der Waals surface area contributed by atoms with Gasteiger partial charge in [-0.3, -0.25) is 0 Å². The van der Waals surface area contributed by atoms with Gasteiger partial charge in [-0.15, -0.1) is 0 Å². The first-order valence-corrected chi connectivity index (χ1v) is 3.97. The van der Waals surface area contributed by atoms with E-state index in [4.69, 9.17) is 5.41 Å². The largest absolute Gasteiger partial charge is 0.306 e. The molecule has 0 aromatic carbocycles. The number of hydrogen-bond donors (Lipinski definition) is 1. The smallest absolute Gasteiger partial charge is 0.0861 e. The first-order chi connectivity index (χ1) is 5.22. The molecule has 0 fully saturated rings. The van der Waals surface area contributed by atoms with Crippen LogP contribution < -0.4 is 0 Å².